The zero-order chi connectivity index (χ0) is 22.9. The molecule has 168 valence electrons. The van der Waals surface area contributed by atoms with E-state index < -0.39 is 0 Å². The fourth-order valence-corrected chi connectivity index (χ4v) is 4.18. The Balaban J connectivity index is 1.40. The third-order valence-corrected chi connectivity index (χ3v) is 5.89. The second-order valence-corrected chi connectivity index (χ2v) is 8.17. The van der Waals surface area contributed by atoms with Crippen molar-refractivity contribution in [1.29, 1.82) is 0 Å². The second-order valence-electron chi connectivity index (χ2n) is 8.17. The number of amides is 1. The highest BCUT2D eigenvalue weighted by molar-refractivity contribution is 5.92. The highest BCUT2D eigenvalue weighted by Crippen LogP contribution is 2.31. The molecule has 4 aromatic rings. The number of methoxy groups -OCH3 is 1. The highest BCUT2D eigenvalue weighted by Gasteiger charge is 2.28. The van der Waals surface area contributed by atoms with E-state index in [4.69, 9.17) is 9.72 Å². The van der Waals surface area contributed by atoms with Crippen molar-refractivity contribution in [2.45, 2.75) is 25.7 Å². The van der Waals surface area contributed by atoms with Gasteiger partial charge in [0.05, 0.1) is 19.0 Å². The molecule has 1 unspecified atom stereocenters. The lowest BCUT2D eigenvalue weighted by Gasteiger charge is -2.31. The zero-order valence-electron chi connectivity index (χ0n) is 18.4. The molecule has 1 aromatic carbocycles. The molecule has 3 aromatic heterocycles. The zero-order valence-corrected chi connectivity index (χ0v) is 18.4. The fraction of sp³-hybridized carbons (Fsp3) is 0.292. The largest absolute Gasteiger partial charge is 0.496 e. The van der Waals surface area contributed by atoms with E-state index in [1.165, 1.54) is 18.3 Å². The molecule has 9 heteroatoms. The average Bonchev–Trinajstić information content (AvgIpc) is 3.28. The van der Waals surface area contributed by atoms with Gasteiger partial charge in [-0.1, -0.05) is 0 Å². The van der Waals surface area contributed by atoms with E-state index in [1.807, 2.05) is 25.3 Å². The Morgan fingerprint density at radius 2 is 2.06 bits per heavy atom. The summed E-state index contributed by atoms with van der Waals surface area (Å²) in [6.45, 7) is 3.03. The first-order chi connectivity index (χ1) is 16.0. The molecular formula is C24H23FN6O2. The molecule has 5 rings (SSSR count). The number of carbonyl (C=O) groups excluding carboxylic acids is 1. The monoisotopic (exact) mass is 446 g/mol. The number of hydrogen-bond donors (Lipinski definition) is 0. The number of pyridine rings is 1. The smallest absolute Gasteiger partial charge is 0.274 e. The molecule has 0 bridgehead atoms. The van der Waals surface area contributed by atoms with Crippen molar-refractivity contribution in [2.75, 3.05) is 20.2 Å². The van der Waals surface area contributed by atoms with Crippen LogP contribution < -0.4 is 4.74 Å². The predicted molar refractivity (Wildman–Crippen MR) is 120 cm³/mol. The molecule has 0 radical (unpaired) electrons. The lowest BCUT2D eigenvalue weighted by atomic mass is 9.97. The number of halogens is 1. The van der Waals surface area contributed by atoms with Gasteiger partial charge in [-0.05, 0) is 50.1 Å². The molecule has 1 aliphatic rings. The molecule has 1 atom stereocenters. The molecule has 1 saturated heterocycles. The number of aromatic nitrogens is 5. The summed E-state index contributed by atoms with van der Waals surface area (Å²) in [5.74, 6) is 0.822. The first-order valence-electron chi connectivity index (χ1n) is 10.8. The van der Waals surface area contributed by atoms with Crippen LogP contribution in [-0.4, -0.2) is 55.6 Å². The predicted octanol–water partition coefficient (Wildman–Crippen LogP) is 3.66. The van der Waals surface area contributed by atoms with Gasteiger partial charge in [0.2, 0.25) is 0 Å². The summed E-state index contributed by atoms with van der Waals surface area (Å²) < 4.78 is 20.9. The van der Waals surface area contributed by atoms with Gasteiger partial charge in [-0.2, -0.15) is 5.10 Å². The van der Waals surface area contributed by atoms with Gasteiger partial charge in [0, 0.05) is 42.5 Å². The van der Waals surface area contributed by atoms with Crippen LogP contribution in [0.4, 0.5) is 4.39 Å². The van der Waals surface area contributed by atoms with Crippen LogP contribution in [0, 0.1) is 12.7 Å². The first-order valence-corrected chi connectivity index (χ1v) is 10.8. The van der Waals surface area contributed by atoms with Crippen LogP contribution >= 0.6 is 0 Å². The molecule has 0 saturated carbocycles. The van der Waals surface area contributed by atoms with Gasteiger partial charge < -0.3 is 9.64 Å². The lowest BCUT2D eigenvalue weighted by molar-refractivity contribution is 0.0698. The molecule has 33 heavy (non-hydrogen) atoms. The van der Waals surface area contributed by atoms with Gasteiger partial charge >= 0.3 is 0 Å². The maximum atomic E-state index is 13.8. The van der Waals surface area contributed by atoms with Crippen molar-refractivity contribution in [1.82, 2.24) is 29.5 Å². The second kappa shape index (κ2) is 8.57. The van der Waals surface area contributed by atoms with Crippen LogP contribution in [0.1, 0.15) is 40.8 Å². The number of ether oxygens (including phenoxy) is 1. The molecule has 1 aliphatic heterocycles. The third-order valence-electron chi connectivity index (χ3n) is 5.89. The van der Waals surface area contributed by atoms with Crippen LogP contribution in [0.25, 0.3) is 16.8 Å². The maximum absolute atomic E-state index is 13.8. The maximum Gasteiger partial charge on any atom is 0.274 e. The molecular weight excluding hydrogens is 423 g/mol. The summed E-state index contributed by atoms with van der Waals surface area (Å²) in [4.78, 5) is 27.8. The number of nitrogens with zero attached hydrogens (tertiary/aromatic N) is 6. The Kier molecular flexibility index (Phi) is 5.45. The van der Waals surface area contributed by atoms with Gasteiger partial charge in [-0.15, -0.1) is 0 Å². The molecule has 0 N–H and O–H groups in total. The summed E-state index contributed by atoms with van der Waals surface area (Å²) in [6.07, 6.45) is 6.69. The van der Waals surface area contributed by atoms with E-state index in [0.717, 1.165) is 24.1 Å². The summed E-state index contributed by atoms with van der Waals surface area (Å²) in [5.41, 5.74) is 3.22. The number of rotatable bonds is 4. The topological polar surface area (TPSA) is 85.5 Å². The molecule has 0 aliphatic carbocycles. The number of likely N-dealkylation sites (tertiary alicyclic amines) is 1. The summed E-state index contributed by atoms with van der Waals surface area (Å²) >= 11 is 0. The van der Waals surface area contributed by atoms with Crippen molar-refractivity contribution in [3.05, 3.63) is 72.0 Å². The van der Waals surface area contributed by atoms with Crippen molar-refractivity contribution in [3.8, 4) is 16.9 Å². The average molecular weight is 446 g/mol. The quantitative estimate of drug-likeness (QED) is 0.476. The number of carbonyl (C=O) groups is 1. The number of aryl methyl sites for hydroxylation is 1. The first kappa shape index (κ1) is 21.0. The molecule has 1 fully saturated rings. The van der Waals surface area contributed by atoms with E-state index in [-0.39, 0.29) is 17.6 Å². The Morgan fingerprint density at radius 1 is 1.18 bits per heavy atom. The van der Waals surface area contributed by atoms with E-state index in [9.17, 15) is 9.18 Å². The van der Waals surface area contributed by atoms with Crippen molar-refractivity contribution < 1.29 is 13.9 Å². The normalized spacial score (nSPS) is 16.2. The van der Waals surface area contributed by atoms with Gasteiger partial charge in [-0.3, -0.25) is 9.78 Å². The Hall–Kier alpha value is -3.88. The number of piperidine rings is 1. The van der Waals surface area contributed by atoms with Crippen LogP contribution in [0.3, 0.4) is 0 Å². The third kappa shape index (κ3) is 4.13. The molecule has 0 spiro atoms. The molecule has 1 amide bonds. The number of hydrogen-bond acceptors (Lipinski definition) is 6. The van der Waals surface area contributed by atoms with Gasteiger partial charge in [0.25, 0.3) is 5.91 Å². The van der Waals surface area contributed by atoms with Gasteiger partial charge in [0.15, 0.2) is 11.5 Å². The van der Waals surface area contributed by atoms with Gasteiger partial charge in [0.1, 0.15) is 17.3 Å². The van der Waals surface area contributed by atoms with Crippen LogP contribution in [-0.2, 0) is 0 Å². The van der Waals surface area contributed by atoms with Crippen molar-refractivity contribution >= 4 is 11.6 Å². The van der Waals surface area contributed by atoms with E-state index >= 15 is 0 Å². The Labute approximate surface area is 190 Å². The van der Waals surface area contributed by atoms with E-state index in [0.29, 0.717) is 41.6 Å². The lowest BCUT2D eigenvalue weighted by Crippen LogP contribution is -2.39. The Bertz CT molecular complexity index is 1320. The highest BCUT2D eigenvalue weighted by atomic mass is 19.1. The summed E-state index contributed by atoms with van der Waals surface area (Å²) in [7, 11) is 1.56. The van der Waals surface area contributed by atoms with E-state index in [2.05, 4.69) is 15.1 Å². The summed E-state index contributed by atoms with van der Waals surface area (Å²) in [5, 5.41) is 4.68. The van der Waals surface area contributed by atoms with Crippen LogP contribution in [0.2, 0.25) is 0 Å². The minimum atomic E-state index is -0.338. The minimum Gasteiger partial charge on any atom is -0.496 e. The summed E-state index contributed by atoms with van der Waals surface area (Å²) in [6, 6.07) is 8.14. The fourth-order valence-electron chi connectivity index (χ4n) is 4.18. The van der Waals surface area contributed by atoms with Gasteiger partial charge in [-0.25, -0.2) is 18.9 Å². The standard InChI is InChI=1S/C24H23FN6O2/c1-15-11-27-20(12-26-15)24(32)30-9-3-4-17(13-30)23-28-22-8-5-16(14-31(22)29-23)19-10-18(25)6-7-21(19)33-2/h5-8,10-12,14,17H,3-4,9,13H2,1-2H3. The number of fused-ring (bicyclic) bond motifs is 1. The molecule has 4 heterocycles. The Morgan fingerprint density at radius 3 is 2.85 bits per heavy atom. The minimum absolute atomic E-state index is 0.0214. The van der Waals surface area contributed by atoms with Crippen molar-refractivity contribution in [3.63, 3.8) is 0 Å². The van der Waals surface area contributed by atoms with Crippen LogP contribution in [0.15, 0.2) is 48.9 Å². The van der Waals surface area contributed by atoms with E-state index in [1.54, 1.807) is 28.8 Å². The number of benzene rings is 1. The SMILES string of the molecule is COc1ccc(F)cc1-c1ccc2nc(C3CCCN(C(=O)c4cnc(C)cn4)C3)nn2c1. The van der Waals surface area contributed by atoms with Crippen molar-refractivity contribution in [2.24, 2.45) is 0 Å². The van der Waals surface area contributed by atoms with Crippen LogP contribution in [0.5, 0.6) is 5.75 Å². The molecule has 8 nitrogen and oxygen atoms in total.